The van der Waals surface area contributed by atoms with Gasteiger partial charge in [-0.2, -0.15) is 13.2 Å². The predicted molar refractivity (Wildman–Crippen MR) is 80.0 cm³/mol. The zero-order valence-electron chi connectivity index (χ0n) is 12.6. The number of halogens is 3. The van der Waals surface area contributed by atoms with Crippen molar-refractivity contribution in [2.75, 3.05) is 11.9 Å². The molecule has 22 heavy (non-hydrogen) atoms. The number of rotatable bonds is 9. The van der Waals surface area contributed by atoms with Gasteiger partial charge in [0, 0.05) is 18.3 Å². The van der Waals surface area contributed by atoms with Crippen LogP contribution in [0, 0.1) is 10.1 Å². The number of nitrogens with one attached hydrogen (secondary N) is 1. The fourth-order valence-corrected chi connectivity index (χ4v) is 2.17. The van der Waals surface area contributed by atoms with Crippen LogP contribution < -0.4 is 5.32 Å². The first-order valence-corrected chi connectivity index (χ1v) is 7.45. The topological polar surface area (TPSA) is 55.2 Å². The van der Waals surface area contributed by atoms with Crippen LogP contribution in [-0.4, -0.2) is 11.5 Å². The van der Waals surface area contributed by atoms with Gasteiger partial charge in [0.2, 0.25) is 0 Å². The lowest BCUT2D eigenvalue weighted by Crippen LogP contribution is -2.10. The highest BCUT2D eigenvalue weighted by Gasteiger charge is 2.38. The van der Waals surface area contributed by atoms with E-state index in [1.165, 1.54) is 25.3 Å². The third-order valence-electron chi connectivity index (χ3n) is 3.36. The Morgan fingerprint density at radius 2 is 1.77 bits per heavy atom. The minimum Gasteiger partial charge on any atom is -0.385 e. The second-order valence-corrected chi connectivity index (χ2v) is 5.18. The Morgan fingerprint density at radius 3 is 2.36 bits per heavy atom. The lowest BCUT2D eigenvalue weighted by molar-refractivity contribution is -0.388. The Balaban J connectivity index is 2.56. The summed E-state index contributed by atoms with van der Waals surface area (Å²) in [6, 6.07) is 3.01. The maximum atomic E-state index is 12.8. The SMILES string of the molecule is CCCCCCCCNc1ccc([N+](=O)[O-])c(C(F)(F)F)c1. The van der Waals surface area contributed by atoms with E-state index in [2.05, 4.69) is 12.2 Å². The number of hydrogen-bond donors (Lipinski definition) is 1. The molecule has 0 aliphatic rings. The van der Waals surface area contributed by atoms with Crippen LogP contribution >= 0.6 is 0 Å². The number of nitro groups is 1. The lowest BCUT2D eigenvalue weighted by Gasteiger charge is -2.11. The van der Waals surface area contributed by atoms with Gasteiger partial charge >= 0.3 is 6.18 Å². The van der Waals surface area contributed by atoms with E-state index in [9.17, 15) is 23.3 Å². The highest BCUT2D eigenvalue weighted by molar-refractivity contribution is 5.55. The largest absolute Gasteiger partial charge is 0.423 e. The van der Waals surface area contributed by atoms with Crippen molar-refractivity contribution in [2.24, 2.45) is 0 Å². The number of nitrogens with zero attached hydrogens (tertiary/aromatic N) is 1. The van der Waals surface area contributed by atoms with Crippen LogP contribution in [0.1, 0.15) is 51.0 Å². The molecular weight excluding hydrogens is 297 g/mol. The van der Waals surface area contributed by atoms with Gasteiger partial charge < -0.3 is 5.32 Å². The van der Waals surface area contributed by atoms with Crippen molar-refractivity contribution in [1.82, 2.24) is 0 Å². The second kappa shape index (κ2) is 8.60. The number of benzene rings is 1. The Morgan fingerprint density at radius 1 is 1.14 bits per heavy atom. The maximum Gasteiger partial charge on any atom is 0.423 e. The molecular formula is C15H21F3N2O2. The lowest BCUT2D eigenvalue weighted by atomic mass is 10.1. The molecule has 0 spiro atoms. The number of anilines is 1. The maximum absolute atomic E-state index is 12.8. The molecule has 0 saturated heterocycles. The quantitative estimate of drug-likeness (QED) is 0.377. The van der Waals surface area contributed by atoms with Crippen molar-refractivity contribution in [1.29, 1.82) is 0 Å². The van der Waals surface area contributed by atoms with E-state index in [4.69, 9.17) is 0 Å². The van der Waals surface area contributed by atoms with E-state index in [1.54, 1.807) is 0 Å². The highest BCUT2D eigenvalue weighted by atomic mass is 19.4. The zero-order valence-corrected chi connectivity index (χ0v) is 12.6. The molecule has 0 saturated carbocycles. The minimum atomic E-state index is -4.74. The molecule has 1 N–H and O–H groups in total. The number of nitro benzene ring substituents is 1. The van der Waals surface area contributed by atoms with Crippen LogP contribution in [0.5, 0.6) is 0 Å². The average Bonchev–Trinajstić information content (AvgIpc) is 2.45. The molecule has 0 fully saturated rings. The molecule has 0 heterocycles. The molecule has 7 heteroatoms. The minimum absolute atomic E-state index is 0.256. The summed E-state index contributed by atoms with van der Waals surface area (Å²) in [6.07, 6.45) is 1.80. The van der Waals surface area contributed by atoms with Gasteiger partial charge in [-0.1, -0.05) is 39.0 Å². The van der Waals surface area contributed by atoms with Crippen molar-refractivity contribution < 1.29 is 18.1 Å². The molecule has 4 nitrogen and oxygen atoms in total. The molecule has 0 aliphatic heterocycles. The molecule has 0 bridgehead atoms. The fraction of sp³-hybridized carbons (Fsp3) is 0.600. The Hall–Kier alpha value is -1.79. The Bertz CT molecular complexity index is 490. The van der Waals surface area contributed by atoms with E-state index in [-0.39, 0.29) is 5.69 Å². The Labute approximate surface area is 127 Å². The van der Waals surface area contributed by atoms with Gasteiger partial charge in [-0.15, -0.1) is 0 Å². The number of hydrogen-bond acceptors (Lipinski definition) is 3. The molecule has 0 atom stereocenters. The summed E-state index contributed by atoms with van der Waals surface area (Å²) in [7, 11) is 0. The van der Waals surface area contributed by atoms with Gasteiger partial charge in [-0.25, -0.2) is 0 Å². The molecule has 0 aliphatic carbocycles. The molecule has 0 radical (unpaired) electrons. The monoisotopic (exact) mass is 318 g/mol. The standard InChI is InChI=1S/C15H21F3N2O2/c1-2-3-4-5-6-7-10-19-12-8-9-14(20(21)22)13(11-12)15(16,17)18/h8-9,11,19H,2-7,10H2,1H3. The van der Waals surface area contributed by atoms with Gasteiger partial charge in [0.25, 0.3) is 5.69 Å². The van der Waals surface area contributed by atoms with Gasteiger partial charge in [0.1, 0.15) is 5.56 Å². The van der Waals surface area contributed by atoms with Crippen molar-refractivity contribution in [3.05, 3.63) is 33.9 Å². The summed E-state index contributed by atoms with van der Waals surface area (Å²) >= 11 is 0. The second-order valence-electron chi connectivity index (χ2n) is 5.18. The molecule has 0 amide bonds. The summed E-state index contributed by atoms with van der Waals surface area (Å²) in [5.41, 5.74) is -1.88. The molecule has 0 unspecified atom stereocenters. The highest BCUT2D eigenvalue weighted by Crippen LogP contribution is 2.37. The predicted octanol–water partition coefficient (Wildman–Crippen LogP) is 5.39. The van der Waals surface area contributed by atoms with Crippen LogP contribution in [0.2, 0.25) is 0 Å². The first-order chi connectivity index (χ1) is 10.4. The van der Waals surface area contributed by atoms with Gasteiger partial charge in [-0.05, 0) is 18.6 Å². The summed E-state index contributed by atoms with van der Waals surface area (Å²) in [4.78, 5) is 9.64. The molecule has 1 aromatic carbocycles. The van der Waals surface area contributed by atoms with Crippen LogP contribution in [0.25, 0.3) is 0 Å². The van der Waals surface area contributed by atoms with E-state index < -0.39 is 22.4 Å². The van der Waals surface area contributed by atoms with E-state index in [1.807, 2.05) is 0 Å². The molecule has 1 aromatic rings. The van der Waals surface area contributed by atoms with Crippen LogP contribution in [0.15, 0.2) is 18.2 Å². The van der Waals surface area contributed by atoms with E-state index >= 15 is 0 Å². The molecule has 0 aromatic heterocycles. The van der Waals surface area contributed by atoms with E-state index in [0.717, 1.165) is 31.4 Å². The van der Waals surface area contributed by atoms with Gasteiger partial charge in [0.05, 0.1) is 4.92 Å². The number of alkyl halides is 3. The normalized spacial score (nSPS) is 11.5. The van der Waals surface area contributed by atoms with Crippen molar-refractivity contribution in [3.63, 3.8) is 0 Å². The summed E-state index contributed by atoms with van der Waals surface area (Å²) in [6.45, 7) is 2.69. The van der Waals surface area contributed by atoms with Crippen molar-refractivity contribution in [3.8, 4) is 0 Å². The summed E-state index contributed by atoms with van der Waals surface area (Å²) < 4.78 is 38.5. The first kappa shape index (κ1) is 18.3. The zero-order chi connectivity index (χ0) is 16.6. The third kappa shape index (κ3) is 5.91. The van der Waals surface area contributed by atoms with Crippen LogP contribution in [-0.2, 0) is 6.18 Å². The van der Waals surface area contributed by atoms with Crippen LogP contribution in [0.4, 0.5) is 24.5 Å². The third-order valence-corrected chi connectivity index (χ3v) is 3.36. The Kier molecular flexibility index (Phi) is 7.14. The van der Waals surface area contributed by atoms with Crippen LogP contribution in [0.3, 0.4) is 0 Å². The van der Waals surface area contributed by atoms with E-state index in [0.29, 0.717) is 6.54 Å². The fourth-order valence-electron chi connectivity index (χ4n) is 2.17. The van der Waals surface area contributed by atoms with Gasteiger partial charge in [-0.3, -0.25) is 10.1 Å². The summed E-state index contributed by atoms with van der Waals surface area (Å²) in [5, 5.41) is 13.5. The first-order valence-electron chi connectivity index (χ1n) is 7.45. The number of unbranched alkanes of at least 4 members (excludes halogenated alkanes) is 5. The smallest absolute Gasteiger partial charge is 0.385 e. The van der Waals surface area contributed by atoms with Gasteiger partial charge in [0.15, 0.2) is 0 Å². The summed E-state index contributed by atoms with van der Waals surface area (Å²) in [5.74, 6) is 0. The van der Waals surface area contributed by atoms with Crippen molar-refractivity contribution >= 4 is 11.4 Å². The van der Waals surface area contributed by atoms with Crippen molar-refractivity contribution in [2.45, 2.75) is 51.6 Å². The average molecular weight is 318 g/mol. The molecule has 124 valence electrons. The molecule has 1 rings (SSSR count).